The van der Waals surface area contributed by atoms with Gasteiger partial charge in [0.15, 0.2) is 0 Å². The van der Waals surface area contributed by atoms with Crippen molar-refractivity contribution in [3.8, 4) is 0 Å². The fraction of sp³-hybridized carbons (Fsp3) is 0.700. The molecule has 0 aliphatic heterocycles. The zero-order valence-corrected chi connectivity index (χ0v) is 16.6. The zero-order chi connectivity index (χ0) is 16.4. The maximum absolute atomic E-state index is 13.8. The van der Waals surface area contributed by atoms with Gasteiger partial charge in [-0.3, -0.25) is 0 Å². The molecule has 0 bridgehead atoms. The Bertz CT molecular complexity index is 503. The Labute approximate surface area is 142 Å². The van der Waals surface area contributed by atoms with Crippen molar-refractivity contribution in [3.63, 3.8) is 0 Å². The van der Waals surface area contributed by atoms with Gasteiger partial charge in [-0.25, -0.2) is 8.78 Å². The van der Waals surface area contributed by atoms with Crippen molar-refractivity contribution in [3.05, 3.63) is 34.9 Å². The second-order valence-electron chi connectivity index (χ2n) is 7.91. The molecule has 2 fully saturated rings. The average molecular weight is 337 g/mol. The Balaban J connectivity index is 1.56. The first kappa shape index (κ1) is 17.1. The van der Waals surface area contributed by atoms with Crippen LogP contribution in [-0.4, -0.2) is 10.2 Å². The van der Waals surface area contributed by atoms with Crippen molar-refractivity contribution in [2.45, 2.75) is 70.3 Å². The highest BCUT2D eigenvalue weighted by molar-refractivity contribution is 6.08. The standard InChI is InChI=1S/C20H30F2Si/c1-13-19(21)10-18(11-20(13)22)17-8-6-16(7-9-17)15-4-2-14(12-23)3-5-15/h10-11,14-17H,2-9,12H2,1,23H3. The molecular formula is C20H30F2Si. The molecule has 1 aromatic carbocycles. The van der Waals surface area contributed by atoms with Crippen molar-refractivity contribution in [1.29, 1.82) is 0 Å². The summed E-state index contributed by atoms with van der Waals surface area (Å²) in [6.45, 7) is 1.51. The summed E-state index contributed by atoms with van der Waals surface area (Å²) in [7, 11) is 1.35. The molecule has 0 amide bonds. The van der Waals surface area contributed by atoms with Crippen LogP contribution >= 0.6 is 0 Å². The van der Waals surface area contributed by atoms with Gasteiger partial charge in [0.2, 0.25) is 0 Å². The van der Waals surface area contributed by atoms with E-state index in [0.717, 1.165) is 36.2 Å². The van der Waals surface area contributed by atoms with Crippen LogP contribution in [0.25, 0.3) is 0 Å². The summed E-state index contributed by atoms with van der Waals surface area (Å²) in [6.07, 6.45) is 10.5. The van der Waals surface area contributed by atoms with Crippen LogP contribution in [0.3, 0.4) is 0 Å². The van der Waals surface area contributed by atoms with Gasteiger partial charge in [0, 0.05) is 15.8 Å². The lowest BCUT2D eigenvalue weighted by atomic mass is 9.68. The van der Waals surface area contributed by atoms with Gasteiger partial charge in [-0.05, 0) is 86.8 Å². The molecule has 3 rings (SSSR count). The van der Waals surface area contributed by atoms with Crippen LogP contribution in [0.1, 0.15) is 68.4 Å². The Morgan fingerprint density at radius 2 is 1.35 bits per heavy atom. The molecule has 0 unspecified atom stereocenters. The van der Waals surface area contributed by atoms with Crippen LogP contribution in [0.2, 0.25) is 6.04 Å². The van der Waals surface area contributed by atoms with E-state index in [0.29, 0.717) is 5.92 Å². The summed E-state index contributed by atoms with van der Waals surface area (Å²) in [5.41, 5.74) is 1.03. The van der Waals surface area contributed by atoms with Gasteiger partial charge in [-0.1, -0.05) is 18.9 Å². The lowest BCUT2D eigenvalue weighted by molar-refractivity contribution is 0.165. The fourth-order valence-electron chi connectivity index (χ4n) is 4.89. The predicted octanol–water partition coefficient (Wildman–Crippen LogP) is 5.14. The molecule has 2 aliphatic rings. The summed E-state index contributed by atoms with van der Waals surface area (Å²) in [6, 6.07) is 4.61. The number of benzene rings is 1. The molecule has 0 spiro atoms. The minimum atomic E-state index is -0.386. The highest BCUT2D eigenvalue weighted by Gasteiger charge is 2.31. The lowest BCUT2D eigenvalue weighted by Gasteiger charge is -2.38. The van der Waals surface area contributed by atoms with E-state index in [1.54, 1.807) is 12.1 Å². The van der Waals surface area contributed by atoms with E-state index >= 15 is 0 Å². The van der Waals surface area contributed by atoms with E-state index < -0.39 is 0 Å². The molecule has 0 atom stereocenters. The van der Waals surface area contributed by atoms with Crippen molar-refractivity contribution >= 4 is 10.2 Å². The first-order valence-electron chi connectivity index (χ1n) is 9.54. The molecule has 0 N–H and O–H groups in total. The van der Waals surface area contributed by atoms with Crippen molar-refractivity contribution in [2.75, 3.05) is 0 Å². The molecule has 2 saturated carbocycles. The van der Waals surface area contributed by atoms with Gasteiger partial charge in [-0.2, -0.15) is 0 Å². The van der Waals surface area contributed by atoms with Gasteiger partial charge in [0.05, 0.1) is 0 Å². The summed E-state index contributed by atoms with van der Waals surface area (Å²) in [5, 5.41) is 0. The monoisotopic (exact) mass is 336 g/mol. The molecule has 2 aliphatic carbocycles. The molecule has 23 heavy (non-hydrogen) atoms. The van der Waals surface area contributed by atoms with Crippen LogP contribution in [0.4, 0.5) is 8.78 Å². The fourth-order valence-corrected chi connectivity index (χ4v) is 5.71. The zero-order valence-electron chi connectivity index (χ0n) is 14.6. The summed E-state index contributed by atoms with van der Waals surface area (Å²) >= 11 is 0. The molecular weight excluding hydrogens is 306 g/mol. The molecule has 0 heterocycles. The molecule has 128 valence electrons. The first-order chi connectivity index (χ1) is 11.1. The van der Waals surface area contributed by atoms with Crippen LogP contribution in [0, 0.1) is 36.3 Å². The minimum absolute atomic E-state index is 0.151. The van der Waals surface area contributed by atoms with Gasteiger partial charge < -0.3 is 0 Å². The third-order valence-corrected chi connectivity index (χ3v) is 7.84. The average Bonchev–Trinajstić information content (AvgIpc) is 2.59. The molecule has 0 saturated heterocycles. The number of hydrogen-bond donors (Lipinski definition) is 0. The van der Waals surface area contributed by atoms with Gasteiger partial charge in [0.25, 0.3) is 0 Å². The van der Waals surface area contributed by atoms with Gasteiger partial charge in [-0.15, -0.1) is 0 Å². The van der Waals surface area contributed by atoms with Crippen molar-refractivity contribution < 1.29 is 8.78 Å². The Kier molecular flexibility index (Phi) is 5.56. The van der Waals surface area contributed by atoms with Crippen LogP contribution in [0.15, 0.2) is 12.1 Å². The quantitative estimate of drug-likeness (QED) is 0.671. The SMILES string of the molecule is Cc1c(F)cc(C2CCC(C3CCC(C[SiH3])CC3)CC2)cc1F. The normalized spacial score (nSPS) is 32.1. The molecule has 1 aromatic rings. The van der Waals surface area contributed by atoms with Gasteiger partial charge >= 0.3 is 0 Å². The van der Waals surface area contributed by atoms with E-state index in [1.165, 1.54) is 61.7 Å². The van der Waals surface area contributed by atoms with Crippen LogP contribution in [-0.2, 0) is 0 Å². The predicted molar refractivity (Wildman–Crippen MR) is 96.0 cm³/mol. The van der Waals surface area contributed by atoms with Crippen LogP contribution in [0.5, 0.6) is 0 Å². The number of hydrogen-bond acceptors (Lipinski definition) is 0. The highest BCUT2D eigenvalue weighted by Crippen LogP contribution is 2.44. The number of halogens is 2. The minimum Gasteiger partial charge on any atom is -0.207 e. The summed E-state index contributed by atoms with van der Waals surface area (Å²) in [5.74, 6) is 2.39. The summed E-state index contributed by atoms with van der Waals surface area (Å²) < 4.78 is 27.6. The largest absolute Gasteiger partial charge is 0.207 e. The molecule has 3 heteroatoms. The van der Waals surface area contributed by atoms with E-state index in [-0.39, 0.29) is 17.2 Å². The van der Waals surface area contributed by atoms with Crippen molar-refractivity contribution in [2.24, 2.45) is 17.8 Å². The van der Waals surface area contributed by atoms with Crippen molar-refractivity contribution in [1.82, 2.24) is 0 Å². The number of rotatable bonds is 3. The molecule has 0 aromatic heterocycles. The molecule has 0 nitrogen and oxygen atoms in total. The van der Waals surface area contributed by atoms with Gasteiger partial charge in [0.1, 0.15) is 11.6 Å². The smallest absolute Gasteiger partial charge is 0.129 e. The maximum atomic E-state index is 13.8. The maximum Gasteiger partial charge on any atom is 0.129 e. The summed E-state index contributed by atoms with van der Waals surface area (Å²) in [4.78, 5) is 0. The lowest BCUT2D eigenvalue weighted by Crippen LogP contribution is -2.25. The van der Waals surface area contributed by atoms with E-state index in [1.807, 2.05) is 0 Å². The second-order valence-corrected chi connectivity index (χ2v) is 8.73. The third kappa shape index (κ3) is 3.87. The van der Waals surface area contributed by atoms with E-state index in [4.69, 9.17) is 0 Å². The molecule has 0 radical (unpaired) electrons. The topological polar surface area (TPSA) is 0 Å². The second kappa shape index (κ2) is 7.46. The highest BCUT2D eigenvalue weighted by atomic mass is 28.1. The van der Waals surface area contributed by atoms with Crippen LogP contribution < -0.4 is 0 Å². The Hall–Kier alpha value is -0.703. The van der Waals surface area contributed by atoms with E-state index in [9.17, 15) is 8.78 Å². The Morgan fingerprint density at radius 1 is 0.870 bits per heavy atom. The first-order valence-corrected chi connectivity index (χ1v) is 11.0. The van der Waals surface area contributed by atoms with E-state index in [2.05, 4.69) is 0 Å². The third-order valence-electron chi connectivity index (χ3n) is 6.68. The Morgan fingerprint density at radius 3 is 1.83 bits per heavy atom.